The number of rotatable bonds is 7. The molecule has 1 saturated heterocycles. The summed E-state index contributed by atoms with van der Waals surface area (Å²) in [6.45, 7) is 12.4. The Balaban J connectivity index is 2.11. The highest BCUT2D eigenvalue weighted by Gasteiger charge is 2.34. The van der Waals surface area contributed by atoms with Gasteiger partial charge in [0.1, 0.15) is 11.5 Å². The molecule has 3 rings (SSSR count). The molecule has 0 bridgehead atoms. The fraction of sp³-hybridized carbons (Fsp3) is 0.577. The molecule has 0 radical (unpaired) electrons. The van der Waals surface area contributed by atoms with Crippen LogP contribution in [0.5, 0.6) is 11.5 Å². The van der Waals surface area contributed by atoms with Gasteiger partial charge in [0.05, 0.1) is 18.8 Å². The average Bonchev–Trinajstić information content (AvgIpc) is 2.74. The van der Waals surface area contributed by atoms with Gasteiger partial charge >= 0.3 is 0 Å². The lowest BCUT2D eigenvalue weighted by atomic mass is 9.73. The number of aryl methyl sites for hydroxylation is 1. The fourth-order valence-corrected chi connectivity index (χ4v) is 4.88. The minimum absolute atomic E-state index is 0.0646. The van der Waals surface area contributed by atoms with Crippen LogP contribution in [0.1, 0.15) is 80.3 Å². The number of hydrogen-bond donors (Lipinski definition) is 2. The molecule has 1 aromatic rings. The third-order valence-electron chi connectivity index (χ3n) is 6.68. The molecule has 1 aliphatic heterocycles. The van der Waals surface area contributed by atoms with Crippen LogP contribution in [-0.4, -0.2) is 47.3 Å². The lowest BCUT2D eigenvalue weighted by Gasteiger charge is -2.33. The number of phenols is 2. The number of carbonyl (C=O) groups is 1. The van der Waals surface area contributed by atoms with Gasteiger partial charge in [0.2, 0.25) is 0 Å². The molecule has 1 amide bonds. The standard InChI is InChI=1S/C26H37NO4/c1-5-6-7-8-19-16-22(28)24(21-15-18(4)9-10-20(21)17(2)3)25(29)23(19)26(30)27-11-13-31-14-12-27/h15-16,20-21,28-29H,2,5-14H2,1,3-4H3. The number of carbonyl (C=O) groups excluding carboxylic acids is 1. The van der Waals surface area contributed by atoms with Crippen LogP contribution in [0.25, 0.3) is 0 Å². The van der Waals surface area contributed by atoms with Gasteiger partial charge in [-0.15, -0.1) is 0 Å². The molecule has 0 aromatic heterocycles. The number of hydrogen-bond acceptors (Lipinski definition) is 4. The summed E-state index contributed by atoms with van der Waals surface area (Å²) in [7, 11) is 0. The summed E-state index contributed by atoms with van der Waals surface area (Å²) in [5, 5.41) is 22.5. The van der Waals surface area contributed by atoms with Crippen LogP contribution in [0.15, 0.2) is 29.9 Å². The molecule has 31 heavy (non-hydrogen) atoms. The predicted molar refractivity (Wildman–Crippen MR) is 124 cm³/mol. The average molecular weight is 428 g/mol. The van der Waals surface area contributed by atoms with Crippen molar-refractivity contribution in [1.82, 2.24) is 4.90 Å². The first-order valence-electron chi connectivity index (χ1n) is 11.6. The van der Waals surface area contributed by atoms with Crippen molar-refractivity contribution in [3.05, 3.63) is 46.6 Å². The Morgan fingerprint density at radius 2 is 1.97 bits per heavy atom. The van der Waals surface area contributed by atoms with Gasteiger partial charge in [-0.2, -0.15) is 0 Å². The van der Waals surface area contributed by atoms with Crippen molar-refractivity contribution >= 4 is 5.91 Å². The first kappa shape index (κ1) is 23.4. The maximum absolute atomic E-state index is 13.5. The second-order valence-corrected chi connectivity index (χ2v) is 9.08. The molecule has 5 nitrogen and oxygen atoms in total. The van der Waals surface area contributed by atoms with Gasteiger partial charge in [0.25, 0.3) is 5.91 Å². The Labute approximate surface area is 186 Å². The van der Waals surface area contributed by atoms with E-state index in [4.69, 9.17) is 4.74 Å². The van der Waals surface area contributed by atoms with Gasteiger partial charge in [-0.3, -0.25) is 4.79 Å². The van der Waals surface area contributed by atoms with Crippen LogP contribution < -0.4 is 0 Å². The molecule has 1 aromatic carbocycles. The molecule has 5 heteroatoms. The lowest BCUT2D eigenvalue weighted by Crippen LogP contribution is -2.41. The molecule has 0 spiro atoms. The Bertz CT molecular complexity index is 851. The minimum atomic E-state index is -0.188. The van der Waals surface area contributed by atoms with Crippen LogP contribution in [0, 0.1) is 5.92 Å². The van der Waals surface area contributed by atoms with Crippen molar-refractivity contribution in [1.29, 1.82) is 0 Å². The van der Waals surface area contributed by atoms with Crippen molar-refractivity contribution in [2.24, 2.45) is 5.92 Å². The predicted octanol–water partition coefficient (Wildman–Crippen LogP) is 5.32. The van der Waals surface area contributed by atoms with Gasteiger partial charge in [0.15, 0.2) is 0 Å². The highest BCUT2D eigenvalue weighted by molar-refractivity contribution is 5.99. The maximum Gasteiger partial charge on any atom is 0.258 e. The summed E-state index contributed by atoms with van der Waals surface area (Å²) < 4.78 is 5.40. The Morgan fingerprint density at radius 3 is 2.61 bits per heavy atom. The largest absolute Gasteiger partial charge is 0.507 e. The third-order valence-corrected chi connectivity index (χ3v) is 6.68. The molecular weight excluding hydrogens is 390 g/mol. The highest BCUT2D eigenvalue weighted by atomic mass is 16.5. The Kier molecular flexibility index (Phi) is 7.82. The van der Waals surface area contributed by atoms with Crippen LogP contribution in [0.2, 0.25) is 0 Å². The monoisotopic (exact) mass is 427 g/mol. The van der Waals surface area contributed by atoms with E-state index in [9.17, 15) is 15.0 Å². The van der Waals surface area contributed by atoms with Gasteiger partial charge < -0.3 is 19.8 Å². The maximum atomic E-state index is 13.5. The zero-order valence-electron chi connectivity index (χ0n) is 19.2. The van der Waals surface area contributed by atoms with Crippen LogP contribution in [0.4, 0.5) is 0 Å². The first-order valence-corrected chi connectivity index (χ1v) is 11.6. The molecular formula is C26H37NO4. The summed E-state index contributed by atoms with van der Waals surface area (Å²) in [6, 6.07) is 1.71. The molecule has 1 aliphatic carbocycles. The van der Waals surface area contributed by atoms with Gasteiger partial charge in [0, 0.05) is 24.6 Å². The van der Waals surface area contributed by atoms with Crippen molar-refractivity contribution < 1.29 is 19.7 Å². The summed E-state index contributed by atoms with van der Waals surface area (Å²) in [5.41, 5.74) is 3.80. The number of benzene rings is 1. The molecule has 1 heterocycles. The second-order valence-electron chi connectivity index (χ2n) is 9.08. The second kappa shape index (κ2) is 10.4. The molecule has 170 valence electrons. The van der Waals surface area contributed by atoms with Crippen LogP contribution in [-0.2, 0) is 11.2 Å². The van der Waals surface area contributed by atoms with E-state index in [1.165, 1.54) is 5.57 Å². The summed E-state index contributed by atoms with van der Waals surface area (Å²) in [4.78, 5) is 15.2. The molecule has 0 saturated carbocycles. The number of morpholine rings is 1. The van der Waals surface area contributed by atoms with E-state index in [-0.39, 0.29) is 29.2 Å². The number of allylic oxidation sites excluding steroid dienone is 3. The van der Waals surface area contributed by atoms with E-state index in [1.807, 2.05) is 6.92 Å². The smallest absolute Gasteiger partial charge is 0.258 e. The quantitative estimate of drug-likeness (QED) is 0.456. The summed E-state index contributed by atoms with van der Waals surface area (Å²) in [6.07, 6.45) is 7.69. The Morgan fingerprint density at radius 1 is 1.26 bits per heavy atom. The summed E-state index contributed by atoms with van der Waals surface area (Å²) >= 11 is 0. The number of ether oxygens (including phenoxy) is 1. The van der Waals surface area contributed by atoms with E-state index in [1.54, 1.807) is 11.0 Å². The van der Waals surface area contributed by atoms with Gasteiger partial charge in [-0.1, -0.05) is 43.6 Å². The minimum Gasteiger partial charge on any atom is -0.507 e. The molecule has 2 atom stereocenters. The van der Waals surface area contributed by atoms with Crippen molar-refractivity contribution in [2.45, 2.75) is 65.2 Å². The first-order chi connectivity index (χ1) is 14.8. The van der Waals surface area contributed by atoms with E-state index in [0.717, 1.165) is 43.2 Å². The normalized spacial score (nSPS) is 21.6. The molecule has 2 unspecified atom stereocenters. The van der Waals surface area contributed by atoms with E-state index < -0.39 is 0 Å². The third kappa shape index (κ3) is 5.15. The number of unbranched alkanes of at least 4 members (excludes halogenated alkanes) is 2. The molecule has 1 fully saturated rings. The molecule has 2 N–H and O–H groups in total. The van der Waals surface area contributed by atoms with Gasteiger partial charge in [-0.25, -0.2) is 0 Å². The van der Waals surface area contributed by atoms with Crippen molar-refractivity contribution in [3.63, 3.8) is 0 Å². The highest BCUT2D eigenvalue weighted by Crippen LogP contribution is 2.48. The number of phenolic OH excluding ortho intramolecular Hbond substituents is 2. The number of aromatic hydroxyl groups is 2. The van der Waals surface area contributed by atoms with E-state index in [2.05, 4.69) is 26.5 Å². The van der Waals surface area contributed by atoms with Crippen LogP contribution in [0.3, 0.4) is 0 Å². The Hall–Kier alpha value is -2.27. The number of amides is 1. The van der Waals surface area contributed by atoms with Crippen LogP contribution >= 0.6 is 0 Å². The lowest BCUT2D eigenvalue weighted by molar-refractivity contribution is 0.0300. The zero-order valence-corrected chi connectivity index (χ0v) is 19.2. The van der Waals surface area contributed by atoms with Gasteiger partial charge in [-0.05, 0) is 57.1 Å². The number of nitrogens with zero attached hydrogens (tertiary/aromatic N) is 1. The summed E-state index contributed by atoms with van der Waals surface area (Å²) in [5.74, 6) is -0.225. The van der Waals surface area contributed by atoms with E-state index >= 15 is 0 Å². The fourth-order valence-electron chi connectivity index (χ4n) is 4.88. The topological polar surface area (TPSA) is 70.0 Å². The zero-order chi connectivity index (χ0) is 22.5. The van der Waals surface area contributed by atoms with E-state index in [0.29, 0.717) is 43.9 Å². The van der Waals surface area contributed by atoms with Crippen molar-refractivity contribution in [2.75, 3.05) is 26.3 Å². The van der Waals surface area contributed by atoms with Crippen molar-refractivity contribution in [3.8, 4) is 11.5 Å². The SMILES string of the molecule is C=C(C)C1CCC(C)=CC1c1c(O)cc(CCCCC)c(C(=O)N2CCOCC2)c1O. The molecule has 2 aliphatic rings.